The predicted octanol–water partition coefficient (Wildman–Crippen LogP) is 14.6. The molecule has 75 heavy (non-hydrogen) atoms. The number of carboxylic acids is 1. The Morgan fingerprint density at radius 1 is 0.600 bits per heavy atom. The minimum absolute atomic E-state index is 0.0150. The van der Waals surface area contributed by atoms with Crippen LogP contribution in [-0.2, 0) is 39.1 Å². The van der Waals surface area contributed by atoms with E-state index >= 15 is 0 Å². The smallest absolute Gasteiger partial charge is 0.312 e. The molecule has 2 aromatic carbocycles. The summed E-state index contributed by atoms with van der Waals surface area (Å²) in [5.41, 5.74) is -6.12. The lowest BCUT2D eigenvalue weighted by molar-refractivity contribution is -0.137. The van der Waals surface area contributed by atoms with Gasteiger partial charge in [0.05, 0.1) is 22.5 Å². The van der Waals surface area contributed by atoms with Crippen LogP contribution < -0.4 is 0 Å². The molecule has 25 heteroatoms. The zero-order valence-electron chi connectivity index (χ0n) is 40.9. The van der Waals surface area contributed by atoms with E-state index in [0.29, 0.717) is 0 Å². The second kappa shape index (κ2) is 24.3. The first kappa shape index (κ1) is 59.8. The van der Waals surface area contributed by atoms with Crippen molar-refractivity contribution in [1.29, 1.82) is 0 Å². The van der Waals surface area contributed by atoms with Crippen molar-refractivity contribution in [1.82, 2.24) is 20.6 Å². The first-order chi connectivity index (χ1) is 34.9. The molecule has 4 aromatic heterocycles. The average molecular weight is 1110 g/mol. The third-order valence-corrected chi connectivity index (χ3v) is 12.4. The molecule has 4 heterocycles. The Morgan fingerprint density at radius 2 is 0.987 bits per heavy atom. The molecule has 0 aliphatic rings. The minimum atomic E-state index is -3.50. The summed E-state index contributed by atoms with van der Waals surface area (Å²) >= 11 is 11.4. The van der Waals surface area contributed by atoms with Gasteiger partial charge >= 0.3 is 17.8 Å². The van der Waals surface area contributed by atoms with Gasteiger partial charge in [0.15, 0.2) is 22.9 Å². The summed E-state index contributed by atoms with van der Waals surface area (Å²) in [5, 5.41) is 33.0. The van der Waals surface area contributed by atoms with Gasteiger partial charge in [0.25, 0.3) is 12.9 Å². The Morgan fingerprint density at radius 3 is 1.32 bits per heavy atom. The molecule has 6 aromatic rings. The third-order valence-electron chi connectivity index (χ3n) is 11.9. The number of rotatable bonds is 22. The summed E-state index contributed by atoms with van der Waals surface area (Å²) in [4.78, 5) is 36.7. The predicted molar refractivity (Wildman–Crippen MR) is 249 cm³/mol. The highest BCUT2D eigenvalue weighted by molar-refractivity contribution is 6.30. The molecule has 13 nitrogen and oxygen atoms in total. The van der Waals surface area contributed by atoms with Gasteiger partial charge in [0, 0.05) is 83.6 Å². The molecule has 6 rings (SSSR count). The maximum absolute atomic E-state index is 14.7. The Bertz CT molecular complexity index is 2940. The van der Waals surface area contributed by atoms with Gasteiger partial charge in [-0.3, -0.25) is 14.4 Å². The molecule has 2 N–H and O–H groups in total. The molecule has 0 bridgehead atoms. The van der Waals surface area contributed by atoms with E-state index in [0.717, 1.165) is 24.3 Å². The number of carbonyl (C=O) groups is 3. The van der Waals surface area contributed by atoms with Crippen LogP contribution in [0.2, 0.25) is 10.0 Å². The van der Waals surface area contributed by atoms with Crippen LogP contribution in [0.5, 0.6) is 0 Å². The Balaban J connectivity index is 0.000000277. The van der Waals surface area contributed by atoms with Crippen LogP contribution in [0.1, 0.15) is 150 Å². The van der Waals surface area contributed by atoms with Crippen molar-refractivity contribution in [2.24, 2.45) is 10.8 Å². The number of ketones is 2. The fraction of sp³-hybridized carbons (Fsp3) is 0.460. The highest BCUT2D eigenvalue weighted by Gasteiger charge is 2.50. The van der Waals surface area contributed by atoms with Crippen LogP contribution in [0.4, 0.5) is 43.9 Å². The van der Waals surface area contributed by atoms with Crippen molar-refractivity contribution in [3.05, 3.63) is 115 Å². The Labute approximate surface area is 431 Å². The molecule has 0 unspecified atom stereocenters. The van der Waals surface area contributed by atoms with E-state index in [1.165, 1.54) is 65.8 Å². The van der Waals surface area contributed by atoms with Crippen LogP contribution in [-0.4, -0.2) is 55.0 Å². The van der Waals surface area contributed by atoms with Gasteiger partial charge < -0.3 is 28.3 Å². The third kappa shape index (κ3) is 14.5. The van der Waals surface area contributed by atoms with Gasteiger partial charge in [0.1, 0.15) is 23.2 Å². The maximum atomic E-state index is 14.7. The van der Waals surface area contributed by atoms with Crippen molar-refractivity contribution >= 4 is 40.7 Å². The number of aliphatic hydroxyl groups excluding tert-OH is 1. The van der Waals surface area contributed by atoms with Gasteiger partial charge in [-0.15, -0.1) is 0 Å². The van der Waals surface area contributed by atoms with Crippen LogP contribution in [0, 0.1) is 22.5 Å². The number of aromatic nitrogens is 4. The van der Waals surface area contributed by atoms with E-state index in [-0.39, 0.29) is 65.6 Å². The van der Waals surface area contributed by atoms with Crippen molar-refractivity contribution in [3.63, 3.8) is 0 Å². The monoisotopic (exact) mass is 1110 g/mol. The number of alkyl halides is 8. The zero-order valence-corrected chi connectivity index (χ0v) is 42.4. The molecule has 0 radical (unpaired) electrons. The van der Waals surface area contributed by atoms with E-state index in [4.69, 9.17) is 46.4 Å². The lowest BCUT2D eigenvalue weighted by Crippen LogP contribution is -2.30. The van der Waals surface area contributed by atoms with E-state index in [1.54, 1.807) is 0 Å². The number of hydrogen-bond acceptors (Lipinski definition) is 12. The zero-order chi connectivity index (χ0) is 56.0. The molecule has 0 saturated heterocycles. The van der Waals surface area contributed by atoms with Gasteiger partial charge in [-0.2, -0.15) is 17.6 Å². The molecule has 0 fully saturated rings. The molecule has 0 spiro atoms. The quantitative estimate of drug-likeness (QED) is 0.0610. The standard InChI is InChI=1S/C25H24ClF5N2O5.C25H26ClF5N2O4/c1-24(2,3)25(30,31)18-11-17(32-37-18)22-20(23(28)29)21(33-38-22)13(5-7-19(35)36)9-15(34)8-12-4-6-14(26)10-16(12)27;1-24(2,3)25(30,31)19-12-18(32-36-19)22-20(23(28)29)21(33-37-22)14(5-4-8-34)10-16(35)9-13-6-7-15(26)11-17(13)27/h4,6,10-11,13,23H,5,7-9H2,1-3H3,(H,35,36);6-7,11-12,14,23,34H,4-5,8-10H2,1-3H3/t13-;14-/m00/s1. The number of aliphatic hydroxyl groups is 1. The highest BCUT2D eigenvalue weighted by Crippen LogP contribution is 2.48. The number of carboxylic acid groups (broad SMARTS) is 1. The van der Waals surface area contributed by atoms with Gasteiger partial charge in [0.2, 0.25) is 11.5 Å². The average Bonchev–Trinajstić information content (AvgIpc) is 4.14. The van der Waals surface area contributed by atoms with E-state index in [1.807, 2.05) is 0 Å². The summed E-state index contributed by atoms with van der Waals surface area (Å²) in [6, 6.07) is 9.11. The van der Waals surface area contributed by atoms with E-state index in [2.05, 4.69) is 20.6 Å². The molecule has 0 amide bonds. The van der Waals surface area contributed by atoms with Gasteiger partial charge in [-0.1, -0.05) is 97.5 Å². The van der Waals surface area contributed by atoms with Crippen LogP contribution in [0.25, 0.3) is 22.9 Å². The van der Waals surface area contributed by atoms with Crippen molar-refractivity contribution in [2.75, 3.05) is 6.61 Å². The van der Waals surface area contributed by atoms with Crippen molar-refractivity contribution in [2.45, 2.75) is 129 Å². The first-order valence-corrected chi connectivity index (χ1v) is 23.6. The van der Waals surface area contributed by atoms with Crippen LogP contribution >= 0.6 is 23.2 Å². The van der Waals surface area contributed by atoms with Crippen LogP contribution in [0.3, 0.4) is 0 Å². The summed E-state index contributed by atoms with van der Waals surface area (Å²) in [7, 11) is 0. The Hall–Kier alpha value is -6.07. The molecule has 0 saturated carbocycles. The number of halogens is 12. The second-order valence-electron chi connectivity index (χ2n) is 19.5. The number of benzene rings is 2. The molecule has 0 aliphatic carbocycles. The summed E-state index contributed by atoms with van der Waals surface area (Å²) in [6.07, 6.45) is -8.42. The Kier molecular flexibility index (Phi) is 19.4. The van der Waals surface area contributed by atoms with Gasteiger partial charge in [-0.05, 0) is 54.7 Å². The molecule has 2 atom stereocenters. The molecule has 408 valence electrons. The number of hydrogen-bond donors (Lipinski definition) is 2. The minimum Gasteiger partial charge on any atom is -0.481 e. The number of Topliss-reactive ketones (excluding diaryl/α,β-unsaturated/α-hetero) is 2. The normalized spacial score (nSPS) is 13.3. The second-order valence-corrected chi connectivity index (χ2v) is 20.4. The lowest BCUT2D eigenvalue weighted by Gasteiger charge is -2.27. The topological polar surface area (TPSA) is 196 Å². The summed E-state index contributed by atoms with van der Waals surface area (Å²) in [5.74, 6) is -15.7. The molecule has 0 aliphatic heterocycles. The highest BCUT2D eigenvalue weighted by atomic mass is 35.5. The first-order valence-electron chi connectivity index (χ1n) is 22.9. The van der Waals surface area contributed by atoms with Crippen LogP contribution in [0.15, 0.2) is 66.6 Å². The fourth-order valence-corrected chi connectivity index (χ4v) is 7.87. The van der Waals surface area contributed by atoms with Crippen molar-refractivity contribution < 1.29 is 86.6 Å². The molecular formula is C50H50Cl2F10N4O9. The number of nitrogens with zero attached hydrogens (tertiary/aromatic N) is 4. The van der Waals surface area contributed by atoms with Crippen molar-refractivity contribution in [3.8, 4) is 22.9 Å². The largest absolute Gasteiger partial charge is 0.481 e. The fourth-order valence-electron chi connectivity index (χ4n) is 7.55. The lowest BCUT2D eigenvalue weighted by atomic mass is 9.86. The molecular weight excluding hydrogens is 1060 g/mol. The SMILES string of the molecule is CC(C)(C)C(F)(F)c1cc(-c2onc([C@@H](CCC(=O)O)CC(=O)Cc3ccc(Cl)cc3F)c2C(F)F)no1.CC(C)(C)C(F)(F)c1cc(-c2onc([C@@H](CCCO)CC(=O)Cc3ccc(Cl)cc3F)c2C(F)F)no1. The number of aliphatic carboxylic acids is 1. The summed E-state index contributed by atoms with van der Waals surface area (Å²) < 4.78 is 163. The number of carbonyl (C=O) groups excluding carboxylic acids is 2. The van der Waals surface area contributed by atoms with E-state index in [9.17, 15) is 63.4 Å². The van der Waals surface area contributed by atoms with E-state index < -0.39 is 147 Å². The van der Waals surface area contributed by atoms with Gasteiger partial charge in [-0.25, -0.2) is 26.3 Å². The summed E-state index contributed by atoms with van der Waals surface area (Å²) in [6.45, 7) is 7.34. The maximum Gasteiger partial charge on any atom is 0.312 e.